The molecule has 2 N–H and O–H groups in total. The van der Waals surface area contributed by atoms with Crippen molar-refractivity contribution in [3.8, 4) is 5.75 Å². The van der Waals surface area contributed by atoms with Crippen LogP contribution in [0.3, 0.4) is 0 Å². The first kappa shape index (κ1) is 20.2. The molecule has 1 saturated heterocycles. The quantitative estimate of drug-likeness (QED) is 0.726. The summed E-state index contributed by atoms with van der Waals surface area (Å²) in [6.45, 7) is 0.0566. The molecule has 152 valence electrons. The molecule has 7 nitrogen and oxygen atoms in total. The molecule has 0 unspecified atom stereocenters. The van der Waals surface area contributed by atoms with E-state index >= 15 is 0 Å². The number of hydrogen-bond acceptors (Lipinski definition) is 4. The van der Waals surface area contributed by atoms with Crippen molar-refractivity contribution in [2.75, 3.05) is 11.9 Å². The third-order valence-electron chi connectivity index (χ3n) is 4.57. The van der Waals surface area contributed by atoms with E-state index in [1.165, 1.54) is 24.3 Å². The largest absolute Gasteiger partial charge is 0.435 e. The van der Waals surface area contributed by atoms with Crippen molar-refractivity contribution in [3.63, 3.8) is 0 Å². The number of carbonyl (C=O) groups excluding carboxylic acids is 3. The normalized spacial score (nSPS) is 18.7. The van der Waals surface area contributed by atoms with E-state index in [0.717, 1.165) is 10.5 Å². The first-order valence-corrected chi connectivity index (χ1v) is 8.75. The van der Waals surface area contributed by atoms with Crippen molar-refractivity contribution in [2.45, 2.75) is 26.0 Å². The van der Waals surface area contributed by atoms with Crippen LogP contribution in [0.2, 0.25) is 0 Å². The van der Waals surface area contributed by atoms with Gasteiger partial charge in [-0.05, 0) is 43.7 Å². The molecule has 9 heteroatoms. The number of aryl methyl sites for hydroxylation is 1. The molecule has 0 aliphatic carbocycles. The molecular formula is C20H19F2N3O4. The summed E-state index contributed by atoms with van der Waals surface area (Å²) < 4.78 is 28.6. The molecule has 29 heavy (non-hydrogen) atoms. The van der Waals surface area contributed by atoms with Gasteiger partial charge >= 0.3 is 12.6 Å². The van der Waals surface area contributed by atoms with Crippen LogP contribution < -0.4 is 15.4 Å². The Kier molecular flexibility index (Phi) is 5.49. The highest BCUT2D eigenvalue weighted by Crippen LogP contribution is 2.29. The maximum atomic E-state index is 12.8. The molecule has 0 spiro atoms. The van der Waals surface area contributed by atoms with Crippen molar-refractivity contribution < 1.29 is 27.9 Å². The predicted molar refractivity (Wildman–Crippen MR) is 100 cm³/mol. The van der Waals surface area contributed by atoms with Crippen molar-refractivity contribution in [3.05, 3.63) is 59.7 Å². The first-order chi connectivity index (χ1) is 13.7. The molecule has 3 rings (SSSR count). The predicted octanol–water partition coefficient (Wildman–Crippen LogP) is 3.00. The molecule has 0 saturated carbocycles. The molecule has 2 aromatic carbocycles. The lowest BCUT2D eigenvalue weighted by Gasteiger charge is -2.22. The highest BCUT2D eigenvalue weighted by atomic mass is 19.3. The van der Waals surface area contributed by atoms with E-state index < -0.39 is 36.5 Å². The molecule has 2 aromatic rings. The van der Waals surface area contributed by atoms with E-state index in [1.54, 1.807) is 19.1 Å². The Balaban J connectivity index is 1.66. The standard InChI is InChI=1S/C20H19F2N3O4/c1-12-3-5-13(6-4-12)20(2)17(27)25(19(28)24-20)11-16(26)23-14-7-9-15(10-8-14)29-18(21)22/h3-10,18H,11H2,1-2H3,(H,23,26)(H,24,28)/t20-/m1/s1. The topological polar surface area (TPSA) is 87.7 Å². The fourth-order valence-electron chi connectivity index (χ4n) is 2.99. The van der Waals surface area contributed by atoms with Crippen LogP contribution in [0, 0.1) is 6.92 Å². The fraction of sp³-hybridized carbons (Fsp3) is 0.250. The number of benzene rings is 2. The summed E-state index contributed by atoms with van der Waals surface area (Å²) in [5, 5.41) is 5.14. The SMILES string of the molecule is Cc1ccc([C@@]2(C)NC(=O)N(CC(=O)Nc3ccc(OC(F)F)cc3)C2=O)cc1. The molecule has 1 aliphatic rings. The highest BCUT2D eigenvalue weighted by Gasteiger charge is 2.49. The highest BCUT2D eigenvalue weighted by molar-refractivity contribution is 6.10. The van der Waals surface area contributed by atoms with Crippen molar-refractivity contribution in [1.29, 1.82) is 0 Å². The monoisotopic (exact) mass is 403 g/mol. The van der Waals surface area contributed by atoms with Gasteiger partial charge in [0.15, 0.2) is 0 Å². The Morgan fingerprint density at radius 2 is 1.76 bits per heavy atom. The van der Waals surface area contributed by atoms with E-state index in [0.29, 0.717) is 11.3 Å². The number of hydrogen-bond donors (Lipinski definition) is 2. The second kappa shape index (κ2) is 7.86. The number of amides is 4. The number of ether oxygens (including phenoxy) is 1. The molecular weight excluding hydrogens is 384 g/mol. The minimum Gasteiger partial charge on any atom is -0.435 e. The zero-order valence-electron chi connectivity index (χ0n) is 15.7. The summed E-state index contributed by atoms with van der Waals surface area (Å²) in [4.78, 5) is 38.3. The summed E-state index contributed by atoms with van der Waals surface area (Å²) in [7, 11) is 0. The van der Waals surface area contributed by atoms with Gasteiger partial charge in [-0.25, -0.2) is 4.79 Å². The Morgan fingerprint density at radius 3 is 2.34 bits per heavy atom. The third kappa shape index (κ3) is 4.34. The summed E-state index contributed by atoms with van der Waals surface area (Å²) in [6.07, 6.45) is 0. The van der Waals surface area contributed by atoms with Gasteiger partial charge in [-0.1, -0.05) is 29.8 Å². The number of anilines is 1. The zero-order valence-corrected chi connectivity index (χ0v) is 15.7. The molecule has 0 radical (unpaired) electrons. The van der Waals surface area contributed by atoms with Crippen LogP contribution in [-0.4, -0.2) is 35.9 Å². The van der Waals surface area contributed by atoms with Gasteiger partial charge in [0.1, 0.15) is 17.8 Å². The van der Waals surface area contributed by atoms with Crippen molar-refractivity contribution >= 4 is 23.5 Å². The Hall–Kier alpha value is -3.49. The van der Waals surface area contributed by atoms with Crippen LogP contribution in [0.25, 0.3) is 0 Å². The van der Waals surface area contributed by atoms with Crippen LogP contribution >= 0.6 is 0 Å². The number of carbonyl (C=O) groups is 3. The summed E-state index contributed by atoms with van der Waals surface area (Å²) in [5.74, 6) is -1.20. The number of nitrogens with zero attached hydrogens (tertiary/aromatic N) is 1. The maximum Gasteiger partial charge on any atom is 0.387 e. The lowest BCUT2D eigenvalue weighted by atomic mass is 9.91. The van der Waals surface area contributed by atoms with Gasteiger partial charge < -0.3 is 15.4 Å². The van der Waals surface area contributed by atoms with E-state index in [1.807, 2.05) is 19.1 Å². The Labute approximate surface area is 165 Å². The molecule has 1 heterocycles. The van der Waals surface area contributed by atoms with Crippen molar-refractivity contribution in [2.24, 2.45) is 0 Å². The molecule has 1 aliphatic heterocycles. The molecule has 1 atom stereocenters. The first-order valence-electron chi connectivity index (χ1n) is 8.75. The van der Waals surface area contributed by atoms with E-state index in [-0.39, 0.29) is 5.75 Å². The van der Waals surface area contributed by atoms with Crippen LogP contribution in [0.1, 0.15) is 18.1 Å². The second-order valence-electron chi connectivity index (χ2n) is 6.76. The average Bonchev–Trinajstić information content (AvgIpc) is 2.87. The number of alkyl halides is 2. The molecule has 4 amide bonds. The summed E-state index contributed by atoms with van der Waals surface area (Å²) >= 11 is 0. The minimum absolute atomic E-state index is 0.0547. The number of imide groups is 1. The maximum absolute atomic E-state index is 12.8. The number of urea groups is 1. The average molecular weight is 403 g/mol. The van der Waals surface area contributed by atoms with Gasteiger partial charge in [0.05, 0.1) is 0 Å². The van der Waals surface area contributed by atoms with Crippen molar-refractivity contribution in [1.82, 2.24) is 10.2 Å². The van der Waals surface area contributed by atoms with E-state index in [9.17, 15) is 23.2 Å². The summed E-state index contributed by atoms with van der Waals surface area (Å²) in [6, 6.07) is 11.8. The smallest absolute Gasteiger partial charge is 0.387 e. The van der Waals surface area contributed by atoms with Gasteiger partial charge in [0, 0.05) is 5.69 Å². The fourth-order valence-corrected chi connectivity index (χ4v) is 2.99. The lowest BCUT2D eigenvalue weighted by Crippen LogP contribution is -2.42. The van der Waals surface area contributed by atoms with E-state index in [4.69, 9.17) is 0 Å². The molecule has 1 fully saturated rings. The molecule has 0 bridgehead atoms. The van der Waals surface area contributed by atoms with Crippen LogP contribution in [0.15, 0.2) is 48.5 Å². The zero-order chi connectivity index (χ0) is 21.2. The van der Waals surface area contributed by atoms with Gasteiger partial charge in [0.2, 0.25) is 5.91 Å². The Bertz CT molecular complexity index is 932. The summed E-state index contributed by atoms with van der Waals surface area (Å²) in [5.41, 5.74) is 0.665. The number of rotatable bonds is 6. The van der Waals surface area contributed by atoms with Crippen LogP contribution in [-0.2, 0) is 15.1 Å². The Morgan fingerprint density at radius 1 is 1.14 bits per heavy atom. The number of nitrogens with one attached hydrogen (secondary N) is 2. The second-order valence-corrected chi connectivity index (χ2v) is 6.76. The van der Waals surface area contributed by atoms with E-state index in [2.05, 4.69) is 15.4 Å². The lowest BCUT2D eigenvalue weighted by molar-refractivity contribution is -0.133. The molecule has 0 aromatic heterocycles. The van der Waals surface area contributed by atoms with Gasteiger partial charge in [-0.15, -0.1) is 0 Å². The van der Waals surface area contributed by atoms with Gasteiger partial charge in [-0.3, -0.25) is 14.5 Å². The number of halogens is 2. The van der Waals surface area contributed by atoms with Crippen LogP contribution in [0.5, 0.6) is 5.75 Å². The van der Waals surface area contributed by atoms with Gasteiger partial charge in [0.25, 0.3) is 5.91 Å². The third-order valence-corrected chi connectivity index (χ3v) is 4.57. The van der Waals surface area contributed by atoms with Crippen LogP contribution in [0.4, 0.5) is 19.3 Å². The minimum atomic E-state index is -2.95. The van der Waals surface area contributed by atoms with Gasteiger partial charge in [-0.2, -0.15) is 8.78 Å².